The molecule has 0 aliphatic carbocycles. The molecule has 1 aromatic heterocycles. The molecule has 2 N–H and O–H groups in total. The minimum atomic E-state index is -0.119. The van der Waals surface area contributed by atoms with E-state index in [-0.39, 0.29) is 12.0 Å². The van der Waals surface area contributed by atoms with Gasteiger partial charge < -0.3 is 15.4 Å². The Bertz CT molecular complexity index is 636. The molecule has 2 aromatic rings. The largest absolute Gasteiger partial charge is 0.376 e. The molecule has 1 aromatic carbocycles. The summed E-state index contributed by atoms with van der Waals surface area (Å²) in [6.45, 7) is 3.44. The Balaban J connectivity index is 1.62. The molecule has 3 rings (SSSR count). The fourth-order valence-corrected chi connectivity index (χ4v) is 3.27. The zero-order chi connectivity index (χ0) is 15.4. The molecule has 1 aliphatic rings. The summed E-state index contributed by atoms with van der Waals surface area (Å²) in [7, 11) is 0. The van der Waals surface area contributed by atoms with Crippen LogP contribution in [0.2, 0.25) is 0 Å². The van der Waals surface area contributed by atoms with Crippen LogP contribution in [0.3, 0.4) is 0 Å². The number of para-hydroxylation sites is 1. The Labute approximate surface area is 133 Å². The van der Waals surface area contributed by atoms with Crippen molar-refractivity contribution in [2.45, 2.75) is 25.9 Å². The van der Waals surface area contributed by atoms with Gasteiger partial charge in [0.25, 0.3) is 5.91 Å². The monoisotopic (exact) mass is 317 g/mol. The van der Waals surface area contributed by atoms with E-state index in [2.05, 4.69) is 15.6 Å². The van der Waals surface area contributed by atoms with E-state index in [1.807, 2.05) is 37.3 Å². The third kappa shape index (κ3) is 3.64. The molecule has 6 heteroatoms. The molecular weight excluding hydrogens is 298 g/mol. The molecule has 1 fully saturated rings. The molecule has 0 radical (unpaired) electrons. The lowest BCUT2D eigenvalue weighted by molar-refractivity contribution is 0.103. The number of hydrogen-bond donors (Lipinski definition) is 2. The Hall–Kier alpha value is -1.92. The second-order valence-corrected chi connectivity index (χ2v) is 6.27. The fraction of sp³-hybridized carbons (Fsp3) is 0.375. The third-order valence-electron chi connectivity index (χ3n) is 3.54. The molecule has 116 valence electrons. The van der Waals surface area contributed by atoms with Gasteiger partial charge >= 0.3 is 0 Å². The highest BCUT2D eigenvalue weighted by atomic mass is 32.1. The van der Waals surface area contributed by atoms with Gasteiger partial charge in [-0.3, -0.25) is 4.79 Å². The summed E-state index contributed by atoms with van der Waals surface area (Å²) >= 11 is 1.38. The van der Waals surface area contributed by atoms with Crippen molar-refractivity contribution in [1.29, 1.82) is 0 Å². The van der Waals surface area contributed by atoms with Gasteiger partial charge in [0.05, 0.1) is 11.8 Å². The van der Waals surface area contributed by atoms with Crippen LogP contribution in [0.1, 0.15) is 28.2 Å². The molecule has 1 atom stereocenters. The van der Waals surface area contributed by atoms with Crippen molar-refractivity contribution in [2.24, 2.45) is 0 Å². The van der Waals surface area contributed by atoms with Gasteiger partial charge in [0.1, 0.15) is 4.88 Å². The van der Waals surface area contributed by atoms with Gasteiger partial charge in [0, 0.05) is 18.8 Å². The summed E-state index contributed by atoms with van der Waals surface area (Å²) in [5.74, 6) is -0.119. The van der Waals surface area contributed by atoms with Crippen LogP contribution in [0.5, 0.6) is 0 Å². The molecule has 1 aliphatic heterocycles. The standard InChI is InChI=1S/C16H19N3O2S/c1-11-14(15(20)19-12-6-3-2-4-7-12)22-16(18-11)17-10-13-8-5-9-21-13/h2-4,6-7,13H,5,8-10H2,1H3,(H,17,18)(H,19,20)/t13-/m1/s1. The summed E-state index contributed by atoms with van der Waals surface area (Å²) in [4.78, 5) is 17.4. The Morgan fingerprint density at radius 3 is 2.95 bits per heavy atom. The molecule has 0 unspecified atom stereocenters. The van der Waals surface area contributed by atoms with Gasteiger partial charge in [0.2, 0.25) is 0 Å². The number of thiazole rings is 1. The van der Waals surface area contributed by atoms with Crippen LogP contribution < -0.4 is 10.6 Å². The van der Waals surface area contributed by atoms with Gasteiger partial charge in [-0.2, -0.15) is 0 Å². The highest BCUT2D eigenvalue weighted by Gasteiger charge is 2.18. The maximum atomic E-state index is 12.3. The average Bonchev–Trinajstić information content (AvgIpc) is 3.15. The number of aromatic nitrogens is 1. The van der Waals surface area contributed by atoms with E-state index < -0.39 is 0 Å². The maximum Gasteiger partial charge on any atom is 0.267 e. The van der Waals surface area contributed by atoms with Crippen molar-refractivity contribution in [3.8, 4) is 0 Å². The van der Waals surface area contributed by atoms with Gasteiger partial charge in [-0.25, -0.2) is 4.98 Å². The topological polar surface area (TPSA) is 63.3 Å². The van der Waals surface area contributed by atoms with Crippen molar-refractivity contribution in [3.05, 3.63) is 40.9 Å². The molecule has 0 bridgehead atoms. The van der Waals surface area contributed by atoms with Crippen LogP contribution in [-0.2, 0) is 4.74 Å². The van der Waals surface area contributed by atoms with Crippen molar-refractivity contribution < 1.29 is 9.53 Å². The summed E-state index contributed by atoms with van der Waals surface area (Å²) in [5.41, 5.74) is 1.53. The average molecular weight is 317 g/mol. The molecule has 22 heavy (non-hydrogen) atoms. The van der Waals surface area contributed by atoms with Crippen molar-refractivity contribution >= 4 is 28.1 Å². The van der Waals surface area contributed by atoms with Crippen LogP contribution in [0.4, 0.5) is 10.8 Å². The zero-order valence-electron chi connectivity index (χ0n) is 12.5. The molecule has 0 spiro atoms. The van der Waals surface area contributed by atoms with Crippen LogP contribution >= 0.6 is 11.3 Å². The summed E-state index contributed by atoms with van der Waals surface area (Å²) in [6, 6.07) is 9.43. The van der Waals surface area contributed by atoms with Gasteiger partial charge in [-0.15, -0.1) is 0 Å². The van der Waals surface area contributed by atoms with E-state index >= 15 is 0 Å². The number of benzene rings is 1. The number of carbonyl (C=O) groups is 1. The first-order valence-corrected chi connectivity index (χ1v) is 8.23. The number of aryl methyl sites for hydroxylation is 1. The lowest BCUT2D eigenvalue weighted by Crippen LogP contribution is -2.18. The third-order valence-corrected chi connectivity index (χ3v) is 4.65. The minimum absolute atomic E-state index is 0.119. The first-order chi connectivity index (χ1) is 10.7. The maximum absolute atomic E-state index is 12.3. The molecule has 5 nitrogen and oxygen atoms in total. The van der Waals surface area contributed by atoms with E-state index in [0.29, 0.717) is 4.88 Å². The van der Waals surface area contributed by atoms with Crippen LogP contribution in [-0.4, -0.2) is 30.1 Å². The second kappa shape index (κ2) is 6.89. The summed E-state index contributed by atoms with van der Waals surface area (Å²) in [5, 5.41) is 6.93. The first-order valence-electron chi connectivity index (χ1n) is 7.41. The lowest BCUT2D eigenvalue weighted by Gasteiger charge is -2.09. The number of anilines is 2. The molecule has 1 amide bonds. The number of hydrogen-bond acceptors (Lipinski definition) is 5. The highest BCUT2D eigenvalue weighted by Crippen LogP contribution is 2.24. The Morgan fingerprint density at radius 1 is 1.41 bits per heavy atom. The Morgan fingerprint density at radius 2 is 2.23 bits per heavy atom. The quantitative estimate of drug-likeness (QED) is 0.888. The Kier molecular flexibility index (Phi) is 4.70. The normalized spacial score (nSPS) is 17.4. The first kappa shape index (κ1) is 15.0. The molecule has 0 saturated carbocycles. The van der Waals surface area contributed by atoms with Gasteiger partial charge in [-0.1, -0.05) is 29.5 Å². The molecule has 1 saturated heterocycles. The van der Waals surface area contributed by atoms with E-state index in [9.17, 15) is 4.79 Å². The number of carbonyl (C=O) groups excluding carboxylic acids is 1. The predicted octanol–water partition coefficient (Wildman–Crippen LogP) is 3.29. The van der Waals surface area contributed by atoms with E-state index in [1.54, 1.807) is 0 Å². The van der Waals surface area contributed by atoms with Gasteiger partial charge in [-0.05, 0) is 31.9 Å². The van der Waals surface area contributed by atoms with E-state index in [1.165, 1.54) is 11.3 Å². The number of nitrogens with one attached hydrogen (secondary N) is 2. The highest BCUT2D eigenvalue weighted by molar-refractivity contribution is 7.17. The van der Waals surface area contributed by atoms with E-state index in [4.69, 9.17) is 4.74 Å². The summed E-state index contributed by atoms with van der Waals surface area (Å²) in [6.07, 6.45) is 2.46. The number of ether oxygens (including phenoxy) is 1. The zero-order valence-corrected chi connectivity index (χ0v) is 13.3. The van der Waals surface area contributed by atoms with Crippen molar-refractivity contribution in [3.63, 3.8) is 0 Å². The van der Waals surface area contributed by atoms with E-state index in [0.717, 1.165) is 42.5 Å². The minimum Gasteiger partial charge on any atom is -0.376 e. The second-order valence-electron chi connectivity index (χ2n) is 5.27. The van der Waals surface area contributed by atoms with Crippen LogP contribution in [0.15, 0.2) is 30.3 Å². The molecule has 2 heterocycles. The fourth-order valence-electron chi connectivity index (χ4n) is 2.40. The lowest BCUT2D eigenvalue weighted by atomic mass is 10.2. The van der Waals surface area contributed by atoms with Crippen molar-refractivity contribution in [2.75, 3.05) is 23.8 Å². The summed E-state index contributed by atoms with van der Waals surface area (Å²) < 4.78 is 5.57. The SMILES string of the molecule is Cc1nc(NC[C@H]2CCCO2)sc1C(=O)Nc1ccccc1. The number of rotatable bonds is 5. The smallest absolute Gasteiger partial charge is 0.267 e. The number of amides is 1. The number of nitrogens with zero attached hydrogens (tertiary/aromatic N) is 1. The van der Waals surface area contributed by atoms with Crippen molar-refractivity contribution in [1.82, 2.24) is 4.98 Å². The van der Waals surface area contributed by atoms with Crippen LogP contribution in [0, 0.1) is 6.92 Å². The van der Waals surface area contributed by atoms with Crippen LogP contribution in [0.25, 0.3) is 0 Å². The predicted molar refractivity (Wildman–Crippen MR) is 88.7 cm³/mol. The molecular formula is C16H19N3O2S. The van der Waals surface area contributed by atoms with Gasteiger partial charge in [0.15, 0.2) is 5.13 Å².